The van der Waals surface area contributed by atoms with Crippen molar-refractivity contribution >= 4 is 17.6 Å². The van der Waals surface area contributed by atoms with Gasteiger partial charge < -0.3 is 19.8 Å². The largest absolute Gasteiger partial charge is 0.494 e. The van der Waals surface area contributed by atoms with E-state index >= 15 is 0 Å². The molecular formula is C22H30FN7O2. The summed E-state index contributed by atoms with van der Waals surface area (Å²) in [6.45, 7) is 5.56. The van der Waals surface area contributed by atoms with Crippen molar-refractivity contribution in [1.29, 1.82) is 0 Å². The average molecular weight is 444 g/mol. The number of ether oxygens (including phenoxy) is 1. The molecule has 3 heterocycles. The van der Waals surface area contributed by atoms with E-state index in [0.717, 1.165) is 25.4 Å². The predicted molar refractivity (Wildman–Crippen MR) is 122 cm³/mol. The highest BCUT2D eigenvalue weighted by atomic mass is 19.1. The lowest BCUT2D eigenvalue weighted by atomic mass is 10.2. The number of likely N-dealkylation sites (N-methyl/N-ethyl adjacent to an activating group) is 1. The fourth-order valence-corrected chi connectivity index (χ4v) is 3.95. The number of likely N-dealkylation sites (tertiary alicyclic amines) is 1. The van der Waals surface area contributed by atoms with E-state index in [2.05, 4.69) is 43.1 Å². The van der Waals surface area contributed by atoms with Crippen LogP contribution in [0.15, 0.2) is 51.0 Å². The number of nitrogens with one attached hydrogen (secondary N) is 4. The van der Waals surface area contributed by atoms with Crippen LogP contribution >= 0.6 is 0 Å². The smallest absolute Gasteiger partial charge is 0.205 e. The van der Waals surface area contributed by atoms with Crippen molar-refractivity contribution in [1.82, 2.24) is 20.9 Å². The number of nitrogens with zero attached hydrogens (tertiary/aromatic N) is 3. The topological polar surface area (TPSA) is 98.5 Å². The van der Waals surface area contributed by atoms with Crippen LogP contribution < -0.4 is 26.0 Å². The van der Waals surface area contributed by atoms with Crippen LogP contribution in [0.5, 0.6) is 5.75 Å². The standard InChI is InChI=1S/C22H30FN7O2/c1-3-30-10-4-6-16(30)13-24-20-27-21(25-14-17-7-5-11-32-17)29-22(28-20)26-15-8-9-19(31-2)18(23)12-15/h5,7-9,11-12,16,20,24H,3-4,6,10,13-14H2,1-2H3,(H3,25,26,27,28,29). The van der Waals surface area contributed by atoms with Crippen LogP contribution in [0.3, 0.4) is 0 Å². The third-order valence-corrected chi connectivity index (χ3v) is 5.61. The minimum absolute atomic E-state index is 0.188. The molecule has 32 heavy (non-hydrogen) atoms. The van der Waals surface area contributed by atoms with Crippen molar-refractivity contribution in [3.8, 4) is 5.75 Å². The number of benzene rings is 1. The molecule has 0 aliphatic carbocycles. The summed E-state index contributed by atoms with van der Waals surface area (Å²) in [6.07, 6.45) is 3.63. The summed E-state index contributed by atoms with van der Waals surface area (Å²) in [5.41, 5.74) is 0.550. The molecule has 2 aliphatic rings. The predicted octanol–water partition coefficient (Wildman–Crippen LogP) is 2.30. The van der Waals surface area contributed by atoms with Crippen LogP contribution in [-0.4, -0.2) is 55.9 Å². The van der Waals surface area contributed by atoms with Gasteiger partial charge in [0.1, 0.15) is 12.3 Å². The molecule has 0 bridgehead atoms. The van der Waals surface area contributed by atoms with Gasteiger partial charge in [-0.1, -0.05) is 6.92 Å². The van der Waals surface area contributed by atoms with E-state index in [1.807, 2.05) is 12.1 Å². The van der Waals surface area contributed by atoms with Gasteiger partial charge in [0.25, 0.3) is 0 Å². The molecular weight excluding hydrogens is 413 g/mol. The van der Waals surface area contributed by atoms with Crippen molar-refractivity contribution in [2.24, 2.45) is 9.98 Å². The second-order valence-corrected chi connectivity index (χ2v) is 7.70. The van der Waals surface area contributed by atoms with Crippen molar-refractivity contribution in [3.63, 3.8) is 0 Å². The Bertz CT molecular complexity index is 948. The van der Waals surface area contributed by atoms with Gasteiger partial charge in [0.2, 0.25) is 11.9 Å². The summed E-state index contributed by atoms with van der Waals surface area (Å²) < 4.78 is 24.5. The highest BCUT2D eigenvalue weighted by Gasteiger charge is 2.25. The Hall–Kier alpha value is -3.11. The molecule has 0 saturated carbocycles. The maximum absolute atomic E-state index is 14.1. The van der Waals surface area contributed by atoms with E-state index in [1.165, 1.54) is 26.0 Å². The molecule has 4 N–H and O–H groups in total. The first-order chi connectivity index (χ1) is 15.6. The lowest BCUT2D eigenvalue weighted by Gasteiger charge is -2.29. The molecule has 2 unspecified atom stereocenters. The van der Waals surface area contributed by atoms with E-state index in [1.54, 1.807) is 18.4 Å². The molecule has 172 valence electrons. The maximum atomic E-state index is 14.1. The van der Waals surface area contributed by atoms with Crippen LogP contribution in [0.1, 0.15) is 25.5 Å². The molecule has 1 saturated heterocycles. The van der Waals surface area contributed by atoms with Crippen LogP contribution in [0, 0.1) is 5.82 Å². The van der Waals surface area contributed by atoms with Gasteiger partial charge in [-0.15, -0.1) is 0 Å². The summed E-state index contributed by atoms with van der Waals surface area (Å²) in [5, 5.41) is 13.0. The SMILES string of the molecule is CCN1CCCC1CNC1N=C(Nc2ccc(OC)c(F)c2)NC(=NCc2ccco2)N1. The molecule has 0 spiro atoms. The first-order valence-corrected chi connectivity index (χ1v) is 10.9. The quantitative estimate of drug-likeness (QED) is 0.497. The van der Waals surface area contributed by atoms with Gasteiger partial charge >= 0.3 is 0 Å². The van der Waals surface area contributed by atoms with Gasteiger partial charge in [0.15, 0.2) is 17.9 Å². The lowest BCUT2D eigenvalue weighted by molar-refractivity contribution is 0.252. The van der Waals surface area contributed by atoms with Gasteiger partial charge in [0, 0.05) is 24.3 Å². The molecule has 10 heteroatoms. The Balaban J connectivity index is 1.46. The normalized spacial score (nSPS) is 22.3. The number of hydrogen-bond donors (Lipinski definition) is 4. The number of anilines is 1. The average Bonchev–Trinajstić information content (AvgIpc) is 3.48. The zero-order chi connectivity index (χ0) is 22.3. The molecule has 2 atom stereocenters. The van der Waals surface area contributed by atoms with Gasteiger partial charge in [-0.2, -0.15) is 0 Å². The minimum Gasteiger partial charge on any atom is -0.494 e. The van der Waals surface area contributed by atoms with Crippen LogP contribution in [0.25, 0.3) is 0 Å². The fraction of sp³-hybridized carbons (Fsp3) is 0.455. The monoisotopic (exact) mass is 443 g/mol. The van der Waals surface area contributed by atoms with E-state index < -0.39 is 5.82 Å². The Morgan fingerprint density at radius 3 is 3.03 bits per heavy atom. The summed E-state index contributed by atoms with van der Waals surface area (Å²) >= 11 is 0. The van der Waals surface area contributed by atoms with E-state index in [4.69, 9.17) is 9.15 Å². The molecule has 0 radical (unpaired) electrons. The van der Waals surface area contributed by atoms with Gasteiger partial charge in [-0.05, 0) is 50.2 Å². The lowest BCUT2D eigenvalue weighted by Crippen LogP contribution is -2.58. The first kappa shape index (κ1) is 22.1. The van der Waals surface area contributed by atoms with Crippen molar-refractivity contribution < 1.29 is 13.5 Å². The molecule has 2 aliphatic heterocycles. The molecule has 0 amide bonds. The highest BCUT2D eigenvalue weighted by Crippen LogP contribution is 2.21. The Morgan fingerprint density at radius 1 is 1.38 bits per heavy atom. The number of guanidine groups is 2. The van der Waals surface area contributed by atoms with Gasteiger partial charge in [0.05, 0.1) is 13.4 Å². The maximum Gasteiger partial charge on any atom is 0.205 e. The highest BCUT2D eigenvalue weighted by molar-refractivity contribution is 6.06. The summed E-state index contributed by atoms with van der Waals surface area (Å²) in [5.74, 6) is 1.50. The number of methoxy groups -OCH3 is 1. The fourth-order valence-electron chi connectivity index (χ4n) is 3.95. The minimum atomic E-state index is -0.450. The Morgan fingerprint density at radius 2 is 2.28 bits per heavy atom. The molecule has 2 aromatic rings. The van der Waals surface area contributed by atoms with Crippen LogP contribution in [-0.2, 0) is 6.54 Å². The number of furan rings is 1. The molecule has 1 aromatic carbocycles. The number of hydrogen-bond acceptors (Lipinski definition) is 7. The summed E-state index contributed by atoms with van der Waals surface area (Å²) in [4.78, 5) is 11.7. The summed E-state index contributed by atoms with van der Waals surface area (Å²) in [6, 6.07) is 8.85. The van der Waals surface area contributed by atoms with Gasteiger partial charge in [-0.3, -0.25) is 15.5 Å². The third kappa shape index (κ3) is 5.57. The third-order valence-electron chi connectivity index (χ3n) is 5.61. The van der Waals surface area contributed by atoms with Crippen molar-refractivity contribution in [3.05, 3.63) is 48.2 Å². The van der Waals surface area contributed by atoms with Crippen LogP contribution in [0.2, 0.25) is 0 Å². The van der Waals surface area contributed by atoms with E-state index in [-0.39, 0.29) is 12.0 Å². The number of halogens is 1. The number of aliphatic imine (C=N–C) groups is 2. The summed E-state index contributed by atoms with van der Waals surface area (Å²) in [7, 11) is 1.44. The van der Waals surface area contributed by atoms with Crippen molar-refractivity contribution in [2.45, 2.75) is 38.6 Å². The zero-order valence-corrected chi connectivity index (χ0v) is 18.4. The van der Waals surface area contributed by atoms with Crippen molar-refractivity contribution in [2.75, 3.05) is 32.1 Å². The van der Waals surface area contributed by atoms with E-state index in [9.17, 15) is 4.39 Å². The molecule has 9 nitrogen and oxygen atoms in total. The Kier molecular flexibility index (Phi) is 7.23. The second-order valence-electron chi connectivity index (χ2n) is 7.70. The van der Waals surface area contributed by atoms with Crippen LogP contribution in [0.4, 0.5) is 10.1 Å². The second kappa shape index (κ2) is 10.5. The molecule has 1 aromatic heterocycles. The Labute approximate surface area is 187 Å². The molecule has 4 rings (SSSR count). The molecule has 1 fully saturated rings. The number of rotatable bonds is 8. The zero-order valence-electron chi connectivity index (χ0n) is 18.4. The first-order valence-electron chi connectivity index (χ1n) is 10.9. The van der Waals surface area contributed by atoms with E-state index in [0.29, 0.717) is 30.2 Å². The van der Waals surface area contributed by atoms with Gasteiger partial charge in [-0.25, -0.2) is 14.4 Å².